The fraction of sp³-hybridized carbons (Fsp3) is 0.455. The van der Waals surface area contributed by atoms with Crippen LogP contribution in [0.15, 0.2) is 18.2 Å². The van der Waals surface area contributed by atoms with Crippen molar-refractivity contribution in [1.29, 1.82) is 0 Å². The van der Waals surface area contributed by atoms with Crippen LogP contribution in [0.25, 0.3) is 0 Å². The molecule has 1 atom stereocenters. The van der Waals surface area contributed by atoms with E-state index in [2.05, 4.69) is 5.32 Å². The fourth-order valence-electron chi connectivity index (χ4n) is 2.10. The van der Waals surface area contributed by atoms with E-state index in [1.54, 1.807) is 0 Å². The molecular formula is C11H12Cl2F3N. The zero-order chi connectivity index (χ0) is 11.8. The summed E-state index contributed by atoms with van der Waals surface area (Å²) in [5, 5.41) is 3.26. The summed E-state index contributed by atoms with van der Waals surface area (Å²) in [6.07, 6.45) is -3.63. The van der Waals surface area contributed by atoms with Crippen LogP contribution in [-0.4, -0.2) is 13.1 Å². The van der Waals surface area contributed by atoms with Crippen LogP contribution in [0.1, 0.15) is 23.5 Å². The third-order valence-corrected chi connectivity index (χ3v) is 3.16. The van der Waals surface area contributed by atoms with Crippen molar-refractivity contribution in [1.82, 2.24) is 5.32 Å². The van der Waals surface area contributed by atoms with E-state index in [0.29, 0.717) is 13.0 Å². The molecule has 2 rings (SSSR count). The predicted molar refractivity (Wildman–Crippen MR) is 63.9 cm³/mol. The van der Waals surface area contributed by atoms with E-state index in [-0.39, 0.29) is 28.9 Å². The highest BCUT2D eigenvalue weighted by Gasteiger charge is 2.36. The van der Waals surface area contributed by atoms with Gasteiger partial charge in [0.2, 0.25) is 0 Å². The van der Waals surface area contributed by atoms with Gasteiger partial charge in [-0.15, -0.1) is 12.4 Å². The third kappa shape index (κ3) is 3.06. The average Bonchev–Trinajstić information content (AvgIpc) is 2.68. The molecule has 0 spiro atoms. The van der Waals surface area contributed by atoms with Crippen LogP contribution < -0.4 is 5.32 Å². The van der Waals surface area contributed by atoms with Gasteiger partial charge in [-0.05, 0) is 36.6 Å². The highest BCUT2D eigenvalue weighted by atomic mass is 35.5. The largest absolute Gasteiger partial charge is 0.416 e. The Kier molecular flexibility index (Phi) is 4.69. The van der Waals surface area contributed by atoms with E-state index in [1.165, 1.54) is 12.1 Å². The van der Waals surface area contributed by atoms with Crippen LogP contribution in [-0.2, 0) is 6.18 Å². The maximum Gasteiger partial charge on any atom is 0.416 e. The Morgan fingerprint density at radius 1 is 1.29 bits per heavy atom. The Balaban J connectivity index is 0.00000144. The number of hydrogen-bond acceptors (Lipinski definition) is 1. The molecule has 0 saturated carbocycles. The first kappa shape index (κ1) is 14.6. The minimum absolute atomic E-state index is 0. The normalized spacial score (nSPS) is 20.1. The molecule has 1 saturated heterocycles. The molecule has 1 aromatic carbocycles. The number of alkyl halides is 3. The molecule has 1 N–H and O–H groups in total. The topological polar surface area (TPSA) is 12.0 Å². The van der Waals surface area contributed by atoms with Gasteiger partial charge in [-0.3, -0.25) is 0 Å². The Morgan fingerprint density at radius 3 is 2.53 bits per heavy atom. The summed E-state index contributed by atoms with van der Waals surface area (Å²) >= 11 is 5.89. The van der Waals surface area contributed by atoms with Crippen LogP contribution in [0.5, 0.6) is 0 Å². The van der Waals surface area contributed by atoms with Gasteiger partial charge in [-0.2, -0.15) is 13.2 Å². The Hall–Kier alpha value is -0.450. The quantitative estimate of drug-likeness (QED) is 0.826. The molecule has 1 nitrogen and oxygen atoms in total. The van der Waals surface area contributed by atoms with Gasteiger partial charge >= 0.3 is 6.18 Å². The number of nitrogens with one attached hydrogen (secondary N) is 1. The first-order valence-electron chi connectivity index (χ1n) is 5.06. The first-order valence-corrected chi connectivity index (χ1v) is 5.44. The molecule has 96 valence electrons. The second-order valence-electron chi connectivity index (χ2n) is 3.89. The summed E-state index contributed by atoms with van der Waals surface area (Å²) in [5.74, 6) is -0.134. The molecule has 1 unspecified atom stereocenters. The lowest BCUT2D eigenvalue weighted by atomic mass is 9.93. The third-order valence-electron chi connectivity index (χ3n) is 2.83. The van der Waals surface area contributed by atoms with Crippen molar-refractivity contribution in [3.63, 3.8) is 0 Å². The van der Waals surface area contributed by atoms with Crippen molar-refractivity contribution in [3.05, 3.63) is 34.3 Å². The molecular weight excluding hydrogens is 274 g/mol. The molecule has 0 amide bonds. The van der Waals surface area contributed by atoms with E-state index in [4.69, 9.17) is 11.6 Å². The first-order chi connectivity index (χ1) is 7.50. The molecule has 1 aliphatic rings. The molecule has 0 aliphatic carbocycles. The number of benzene rings is 1. The van der Waals surface area contributed by atoms with Gasteiger partial charge in [-0.25, -0.2) is 0 Å². The van der Waals surface area contributed by atoms with Crippen LogP contribution >= 0.6 is 24.0 Å². The Bertz CT molecular complexity index is 387. The van der Waals surface area contributed by atoms with Gasteiger partial charge in [0.05, 0.1) is 5.56 Å². The van der Waals surface area contributed by atoms with Gasteiger partial charge in [0.15, 0.2) is 0 Å². The molecule has 1 fully saturated rings. The second-order valence-corrected chi connectivity index (χ2v) is 4.30. The molecule has 0 bridgehead atoms. The Labute approximate surface area is 109 Å². The van der Waals surface area contributed by atoms with Gasteiger partial charge < -0.3 is 5.32 Å². The van der Waals surface area contributed by atoms with Gasteiger partial charge in [0, 0.05) is 11.6 Å². The molecule has 1 heterocycles. The van der Waals surface area contributed by atoms with Crippen LogP contribution in [0, 0.1) is 0 Å². The van der Waals surface area contributed by atoms with Crippen LogP contribution in [0.2, 0.25) is 5.02 Å². The van der Waals surface area contributed by atoms with Crippen molar-refractivity contribution in [3.8, 4) is 0 Å². The summed E-state index contributed by atoms with van der Waals surface area (Å²) in [5.41, 5.74) is -0.365. The molecule has 1 aromatic rings. The average molecular weight is 286 g/mol. The standard InChI is InChI=1S/C11H11ClF3N.ClH/c12-9-3-1-2-8(11(13,14)15)10(9)7-4-5-16-6-7;/h1-3,7,16H,4-6H2;1H. The number of halogens is 5. The monoisotopic (exact) mass is 285 g/mol. The van der Waals surface area contributed by atoms with Crippen molar-refractivity contribution in [2.45, 2.75) is 18.5 Å². The lowest BCUT2D eigenvalue weighted by Crippen LogP contribution is -2.14. The second kappa shape index (κ2) is 5.46. The summed E-state index contributed by atoms with van der Waals surface area (Å²) in [4.78, 5) is 0. The van der Waals surface area contributed by atoms with Crippen molar-refractivity contribution in [2.75, 3.05) is 13.1 Å². The lowest BCUT2D eigenvalue weighted by Gasteiger charge is -2.18. The number of rotatable bonds is 1. The molecule has 0 radical (unpaired) electrons. The molecule has 17 heavy (non-hydrogen) atoms. The predicted octanol–water partition coefficient (Wildman–Crippen LogP) is 3.86. The lowest BCUT2D eigenvalue weighted by molar-refractivity contribution is -0.138. The number of hydrogen-bond donors (Lipinski definition) is 1. The zero-order valence-electron chi connectivity index (χ0n) is 8.85. The van der Waals surface area contributed by atoms with Gasteiger partial charge in [-0.1, -0.05) is 17.7 Å². The minimum atomic E-state index is -4.33. The van der Waals surface area contributed by atoms with E-state index < -0.39 is 11.7 Å². The van der Waals surface area contributed by atoms with E-state index in [0.717, 1.165) is 12.6 Å². The summed E-state index contributed by atoms with van der Waals surface area (Å²) in [6, 6.07) is 3.96. The summed E-state index contributed by atoms with van der Waals surface area (Å²) in [7, 11) is 0. The highest BCUT2D eigenvalue weighted by molar-refractivity contribution is 6.31. The fourth-order valence-corrected chi connectivity index (χ4v) is 2.43. The van der Waals surface area contributed by atoms with Gasteiger partial charge in [0.25, 0.3) is 0 Å². The van der Waals surface area contributed by atoms with Gasteiger partial charge in [0.1, 0.15) is 0 Å². The maximum atomic E-state index is 12.8. The van der Waals surface area contributed by atoms with Crippen LogP contribution in [0.4, 0.5) is 13.2 Å². The van der Waals surface area contributed by atoms with Crippen LogP contribution in [0.3, 0.4) is 0 Å². The van der Waals surface area contributed by atoms with E-state index in [1.807, 2.05) is 0 Å². The molecule has 1 aliphatic heterocycles. The van der Waals surface area contributed by atoms with Crippen molar-refractivity contribution in [2.24, 2.45) is 0 Å². The zero-order valence-corrected chi connectivity index (χ0v) is 10.4. The Morgan fingerprint density at radius 2 is 2.00 bits per heavy atom. The minimum Gasteiger partial charge on any atom is -0.316 e. The van der Waals surface area contributed by atoms with E-state index in [9.17, 15) is 13.2 Å². The smallest absolute Gasteiger partial charge is 0.316 e. The molecule has 0 aromatic heterocycles. The van der Waals surface area contributed by atoms with E-state index >= 15 is 0 Å². The summed E-state index contributed by atoms with van der Waals surface area (Å²) in [6.45, 7) is 1.31. The maximum absolute atomic E-state index is 12.8. The SMILES string of the molecule is Cl.FC(F)(F)c1cccc(Cl)c1C1CCNC1. The molecule has 6 heteroatoms. The van der Waals surface area contributed by atoms with Crippen molar-refractivity contribution < 1.29 is 13.2 Å². The highest BCUT2D eigenvalue weighted by Crippen LogP contribution is 2.40. The van der Waals surface area contributed by atoms with Crippen molar-refractivity contribution >= 4 is 24.0 Å². The summed E-state index contributed by atoms with van der Waals surface area (Å²) < 4.78 is 38.4.